The molecular formula is C23H18Cl2N4OS. The van der Waals surface area contributed by atoms with Crippen molar-refractivity contribution in [3.8, 4) is 11.4 Å². The number of anilines is 1. The van der Waals surface area contributed by atoms with E-state index < -0.39 is 0 Å². The van der Waals surface area contributed by atoms with Gasteiger partial charge in [0.15, 0.2) is 11.0 Å². The number of halogens is 2. The van der Waals surface area contributed by atoms with Crippen LogP contribution in [0.4, 0.5) is 5.69 Å². The van der Waals surface area contributed by atoms with Crippen molar-refractivity contribution in [3.05, 3.63) is 83.4 Å². The average molecular weight is 469 g/mol. The molecular weight excluding hydrogens is 451 g/mol. The monoisotopic (exact) mass is 468 g/mol. The lowest BCUT2D eigenvalue weighted by Crippen LogP contribution is -2.15. The molecule has 1 N–H and O–H groups in total. The van der Waals surface area contributed by atoms with E-state index in [9.17, 15) is 4.79 Å². The normalized spacial score (nSPS) is 10.9. The average Bonchev–Trinajstić information content (AvgIpc) is 3.17. The summed E-state index contributed by atoms with van der Waals surface area (Å²) in [6, 6.07) is 19.1. The van der Waals surface area contributed by atoms with Crippen LogP contribution in [0.15, 0.2) is 78.5 Å². The fraction of sp³-hybridized carbons (Fsp3) is 0.0870. The summed E-state index contributed by atoms with van der Waals surface area (Å²) in [5, 5.41) is 15.1. The summed E-state index contributed by atoms with van der Waals surface area (Å²) in [6.07, 6.45) is 1.75. The SMILES string of the molecule is C=CCn1c(SCC(=O)Nc2cccc3ccccc23)nnc1-c1ccc(Cl)c(Cl)c1. The Balaban J connectivity index is 1.51. The van der Waals surface area contributed by atoms with Crippen LogP contribution in [0.25, 0.3) is 22.2 Å². The number of nitrogens with zero attached hydrogens (tertiary/aromatic N) is 3. The zero-order valence-corrected chi connectivity index (χ0v) is 18.7. The number of benzene rings is 3. The number of carbonyl (C=O) groups excluding carboxylic acids is 1. The Morgan fingerprint density at radius 2 is 1.87 bits per heavy atom. The Labute approximate surface area is 194 Å². The molecule has 1 aromatic heterocycles. The largest absolute Gasteiger partial charge is 0.325 e. The van der Waals surface area contributed by atoms with Gasteiger partial charge in [-0.25, -0.2) is 0 Å². The van der Waals surface area contributed by atoms with Crippen molar-refractivity contribution in [3.63, 3.8) is 0 Å². The second-order valence-corrected chi connectivity index (χ2v) is 8.45. The van der Waals surface area contributed by atoms with E-state index in [4.69, 9.17) is 23.2 Å². The van der Waals surface area contributed by atoms with Gasteiger partial charge in [-0.2, -0.15) is 0 Å². The number of thioether (sulfide) groups is 1. The molecule has 0 saturated carbocycles. The maximum Gasteiger partial charge on any atom is 0.234 e. The second kappa shape index (κ2) is 9.56. The first-order chi connectivity index (χ1) is 15.1. The second-order valence-electron chi connectivity index (χ2n) is 6.70. The molecule has 1 heterocycles. The number of hydrogen-bond donors (Lipinski definition) is 1. The predicted molar refractivity (Wildman–Crippen MR) is 129 cm³/mol. The molecule has 5 nitrogen and oxygen atoms in total. The van der Waals surface area contributed by atoms with Crippen molar-refractivity contribution in [2.45, 2.75) is 11.7 Å². The maximum atomic E-state index is 12.6. The van der Waals surface area contributed by atoms with Crippen molar-refractivity contribution in [2.24, 2.45) is 0 Å². The third-order valence-electron chi connectivity index (χ3n) is 4.60. The van der Waals surface area contributed by atoms with Gasteiger partial charge in [0.05, 0.1) is 15.8 Å². The van der Waals surface area contributed by atoms with Crippen LogP contribution in [-0.4, -0.2) is 26.4 Å². The first-order valence-corrected chi connectivity index (χ1v) is 11.2. The molecule has 8 heteroatoms. The van der Waals surface area contributed by atoms with Crippen LogP contribution in [0, 0.1) is 0 Å². The lowest BCUT2D eigenvalue weighted by Gasteiger charge is -2.10. The highest BCUT2D eigenvalue weighted by molar-refractivity contribution is 7.99. The van der Waals surface area contributed by atoms with Crippen LogP contribution in [0.3, 0.4) is 0 Å². The Hall–Kier alpha value is -2.80. The summed E-state index contributed by atoms with van der Waals surface area (Å²) >= 11 is 13.5. The first-order valence-electron chi connectivity index (χ1n) is 9.46. The molecule has 0 atom stereocenters. The minimum atomic E-state index is -0.120. The van der Waals surface area contributed by atoms with Crippen LogP contribution in [0.1, 0.15) is 0 Å². The molecule has 0 radical (unpaired) electrons. The smallest absolute Gasteiger partial charge is 0.234 e. The van der Waals surface area contributed by atoms with Crippen LogP contribution >= 0.6 is 35.0 Å². The highest BCUT2D eigenvalue weighted by atomic mass is 35.5. The van der Waals surface area contributed by atoms with Crippen LogP contribution < -0.4 is 5.32 Å². The van der Waals surface area contributed by atoms with E-state index in [1.165, 1.54) is 11.8 Å². The number of rotatable bonds is 7. The Morgan fingerprint density at radius 3 is 2.68 bits per heavy atom. The summed E-state index contributed by atoms with van der Waals surface area (Å²) in [5.74, 6) is 0.709. The van der Waals surface area contributed by atoms with Crippen molar-refractivity contribution in [2.75, 3.05) is 11.1 Å². The lowest BCUT2D eigenvalue weighted by molar-refractivity contribution is -0.113. The Bertz CT molecular complexity index is 1270. The van der Waals surface area contributed by atoms with Crippen molar-refractivity contribution < 1.29 is 4.79 Å². The van der Waals surface area contributed by atoms with Gasteiger partial charge >= 0.3 is 0 Å². The van der Waals surface area contributed by atoms with Crippen molar-refractivity contribution >= 4 is 57.3 Å². The quantitative estimate of drug-likeness (QED) is 0.254. The number of fused-ring (bicyclic) bond motifs is 1. The molecule has 1 amide bonds. The third kappa shape index (κ3) is 4.77. The summed E-state index contributed by atoms with van der Waals surface area (Å²) in [6.45, 7) is 4.31. The zero-order chi connectivity index (χ0) is 21.8. The maximum absolute atomic E-state index is 12.6. The molecule has 0 aliphatic rings. The fourth-order valence-corrected chi connectivity index (χ4v) is 4.23. The fourth-order valence-electron chi connectivity index (χ4n) is 3.19. The summed E-state index contributed by atoms with van der Waals surface area (Å²) < 4.78 is 1.89. The molecule has 0 saturated heterocycles. The van der Waals surface area contributed by atoms with Crippen molar-refractivity contribution in [1.29, 1.82) is 0 Å². The molecule has 0 unspecified atom stereocenters. The molecule has 3 aromatic carbocycles. The van der Waals surface area contributed by atoms with E-state index in [1.807, 2.05) is 53.1 Å². The summed E-state index contributed by atoms with van der Waals surface area (Å²) in [5.41, 5.74) is 1.57. The zero-order valence-electron chi connectivity index (χ0n) is 16.4. The van der Waals surface area contributed by atoms with Gasteiger partial charge in [-0.15, -0.1) is 16.8 Å². The number of amides is 1. The number of allylic oxidation sites excluding steroid dienone is 1. The Morgan fingerprint density at radius 1 is 1.06 bits per heavy atom. The predicted octanol–water partition coefficient (Wildman–Crippen LogP) is 6.32. The topological polar surface area (TPSA) is 59.8 Å². The van der Waals surface area contributed by atoms with E-state index in [-0.39, 0.29) is 11.7 Å². The van der Waals surface area contributed by atoms with Gasteiger partial charge in [0.25, 0.3) is 0 Å². The molecule has 0 fully saturated rings. The van der Waals surface area contributed by atoms with E-state index in [0.717, 1.165) is 22.0 Å². The van der Waals surface area contributed by atoms with Gasteiger partial charge in [0.1, 0.15) is 0 Å². The third-order valence-corrected chi connectivity index (χ3v) is 6.31. The lowest BCUT2D eigenvalue weighted by atomic mass is 10.1. The number of aromatic nitrogens is 3. The van der Waals surface area contributed by atoms with Crippen LogP contribution in [0.5, 0.6) is 0 Å². The van der Waals surface area contributed by atoms with Crippen LogP contribution in [0.2, 0.25) is 10.0 Å². The molecule has 0 bridgehead atoms. The summed E-state index contributed by atoms with van der Waals surface area (Å²) in [4.78, 5) is 12.6. The van der Waals surface area contributed by atoms with Gasteiger partial charge in [-0.05, 0) is 29.7 Å². The van der Waals surface area contributed by atoms with Crippen molar-refractivity contribution in [1.82, 2.24) is 14.8 Å². The molecule has 0 aliphatic heterocycles. The first kappa shape index (κ1) is 21.4. The molecule has 0 aliphatic carbocycles. The molecule has 31 heavy (non-hydrogen) atoms. The number of carbonyl (C=O) groups is 1. The van der Waals surface area contributed by atoms with E-state index in [2.05, 4.69) is 22.1 Å². The molecule has 4 aromatic rings. The van der Waals surface area contributed by atoms with Gasteiger partial charge in [-0.1, -0.05) is 77.4 Å². The minimum Gasteiger partial charge on any atom is -0.325 e. The standard InChI is InChI=1S/C23H18Cl2N4OS/c1-2-12-29-22(16-10-11-18(24)19(25)13-16)27-28-23(29)31-14-21(30)26-20-9-5-7-15-6-3-4-8-17(15)20/h2-11,13H,1,12,14H2,(H,26,30). The van der Waals surface area contributed by atoms with E-state index >= 15 is 0 Å². The van der Waals surface area contributed by atoms with Gasteiger partial charge in [0, 0.05) is 23.2 Å². The highest BCUT2D eigenvalue weighted by Crippen LogP contribution is 2.30. The summed E-state index contributed by atoms with van der Waals surface area (Å²) in [7, 11) is 0. The van der Waals surface area contributed by atoms with E-state index in [0.29, 0.717) is 27.6 Å². The molecule has 0 spiro atoms. The molecule has 156 valence electrons. The van der Waals surface area contributed by atoms with Gasteiger partial charge in [-0.3, -0.25) is 9.36 Å². The van der Waals surface area contributed by atoms with Gasteiger partial charge in [0.2, 0.25) is 5.91 Å². The van der Waals surface area contributed by atoms with E-state index in [1.54, 1.807) is 18.2 Å². The van der Waals surface area contributed by atoms with Crippen LogP contribution in [-0.2, 0) is 11.3 Å². The minimum absolute atomic E-state index is 0.120. The Kier molecular flexibility index (Phi) is 6.61. The number of hydrogen-bond acceptors (Lipinski definition) is 4. The van der Waals surface area contributed by atoms with Gasteiger partial charge < -0.3 is 5.32 Å². The highest BCUT2D eigenvalue weighted by Gasteiger charge is 2.16. The molecule has 4 rings (SSSR count). The number of nitrogens with one attached hydrogen (secondary N) is 1.